The molecule has 0 amide bonds. The number of ether oxygens (including phenoxy) is 1. The first kappa shape index (κ1) is 16.0. The third kappa shape index (κ3) is 4.86. The van der Waals surface area contributed by atoms with Gasteiger partial charge in [0.15, 0.2) is 0 Å². The number of nitrogens with one attached hydrogen (secondary N) is 1. The maximum Gasteiger partial charge on any atom is 0.339 e. The van der Waals surface area contributed by atoms with Gasteiger partial charge in [-0.05, 0) is 42.8 Å². The fourth-order valence-corrected chi connectivity index (χ4v) is 1.98. The lowest BCUT2D eigenvalue weighted by molar-refractivity contribution is 0.0692. The molecule has 0 aliphatic carbocycles. The van der Waals surface area contributed by atoms with Gasteiger partial charge in [-0.3, -0.25) is 0 Å². The van der Waals surface area contributed by atoms with Gasteiger partial charge in [0.2, 0.25) is 0 Å². The summed E-state index contributed by atoms with van der Waals surface area (Å²) < 4.78 is 18.2. The van der Waals surface area contributed by atoms with Crippen LogP contribution in [-0.2, 0) is 6.54 Å². The Bertz CT molecular complexity index is 614. The molecule has 0 aliphatic rings. The molecule has 5 heteroatoms. The Kier molecular flexibility index (Phi) is 5.91. The van der Waals surface area contributed by atoms with Crippen molar-refractivity contribution in [1.82, 2.24) is 5.32 Å². The Morgan fingerprint density at radius 3 is 2.59 bits per heavy atom. The zero-order chi connectivity index (χ0) is 15.8. The van der Waals surface area contributed by atoms with E-state index in [-0.39, 0.29) is 11.4 Å². The van der Waals surface area contributed by atoms with Crippen LogP contribution in [0.2, 0.25) is 0 Å². The zero-order valence-corrected chi connectivity index (χ0v) is 12.1. The average Bonchev–Trinajstić information content (AvgIpc) is 2.52. The van der Waals surface area contributed by atoms with Gasteiger partial charge in [-0.15, -0.1) is 0 Å². The van der Waals surface area contributed by atoms with Crippen molar-refractivity contribution in [3.63, 3.8) is 0 Å². The van der Waals surface area contributed by atoms with Crippen molar-refractivity contribution in [3.05, 3.63) is 65.5 Å². The van der Waals surface area contributed by atoms with E-state index in [9.17, 15) is 9.18 Å². The lowest BCUT2D eigenvalue weighted by atomic mass is 10.2. The molecule has 22 heavy (non-hydrogen) atoms. The van der Waals surface area contributed by atoms with Gasteiger partial charge in [0, 0.05) is 6.54 Å². The highest BCUT2D eigenvalue weighted by molar-refractivity contribution is 5.90. The molecule has 0 unspecified atom stereocenters. The zero-order valence-electron chi connectivity index (χ0n) is 12.1. The van der Waals surface area contributed by atoms with Crippen LogP contribution in [0.1, 0.15) is 22.3 Å². The van der Waals surface area contributed by atoms with Gasteiger partial charge in [-0.2, -0.15) is 0 Å². The van der Waals surface area contributed by atoms with Gasteiger partial charge in [0.25, 0.3) is 0 Å². The minimum absolute atomic E-state index is 0.168. The van der Waals surface area contributed by atoms with Crippen molar-refractivity contribution in [2.45, 2.75) is 13.0 Å². The van der Waals surface area contributed by atoms with E-state index in [0.29, 0.717) is 18.9 Å². The highest BCUT2D eigenvalue weighted by Crippen LogP contribution is 2.17. The van der Waals surface area contributed by atoms with Crippen LogP contribution in [0.5, 0.6) is 5.75 Å². The maximum atomic E-state index is 12.7. The van der Waals surface area contributed by atoms with E-state index in [2.05, 4.69) is 5.32 Å². The molecule has 2 aromatic rings. The summed E-state index contributed by atoms with van der Waals surface area (Å²) in [6.45, 7) is 1.82. The monoisotopic (exact) mass is 303 g/mol. The number of carboxylic acids is 1. The van der Waals surface area contributed by atoms with E-state index in [0.717, 1.165) is 18.5 Å². The predicted octanol–water partition coefficient (Wildman–Crippen LogP) is 3.08. The Morgan fingerprint density at radius 2 is 1.86 bits per heavy atom. The SMILES string of the molecule is O=C(O)c1ccccc1OCCCNCc1ccc(F)cc1. The molecule has 0 radical (unpaired) electrons. The highest BCUT2D eigenvalue weighted by atomic mass is 19.1. The van der Waals surface area contributed by atoms with Crippen LogP contribution in [0.25, 0.3) is 0 Å². The van der Waals surface area contributed by atoms with E-state index in [1.165, 1.54) is 18.2 Å². The predicted molar refractivity (Wildman–Crippen MR) is 81.6 cm³/mol. The van der Waals surface area contributed by atoms with Crippen LogP contribution in [0.4, 0.5) is 4.39 Å². The van der Waals surface area contributed by atoms with Crippen molar-refractivity contribution < 1.29 is 19.0 Å². The molecule has 0 aromatic heterocycles. The van der Waals surface area contributed by atoms with E-state index in [1.54, 1.807) is 30.3 Å². The summed E-state index contributed by atoms with van der Waals surface area (Å²) in [6.07, 6.45) is 0.745. The van der Waals surface area contributed by atoms with Crippen LogP contribution in [-0.4, -0.2) is 24.2 Å². The van der Waals surface area contributed by atoms with Crippen LogP contribution in [0.15, 0.2) is 48.5 Å². The number of rotatable bonds is 8. The molecule has 116 valence electrons. The van der Waals surface area contributed by atoms with E-state index < -0.39 is 5.97 Å². The third-order valence-electron chi connectivity index (χ3n) is 3.12. The average molecular weight is 303 g/mol. The fourth-order valence-electron chi connectivity index (χ4n) is 1.98. The van der Waals surface area contributed by atoms with Crippen molar-refractivity contribution >= 4 is 5.97 Å². The van der Waals surface area contributed by atoms with Gasteiger partial charge in [0.05, 0.1) is 6.61 Å². The molecular formula is C17H18FNO3. The fraction of sp³-hybridized carbons (Fsp3) is 0.235. The molecule has 2 rings (SSSR count). The molecule has 0 saturated carbocycles. The Morgan fingerprint density at radius 1 is 1.14 bits per heavy atom. The number of para-hydroxylation sites is 1. The highest BCUT2D eigenvalue weighted by Gasteiger charge is 2.09. The van der Waals surface area contributed by atoms with Crippen LogP contribution in [0, 0.1) is 5.82 Å². The van der Waals surface area contributed by atoms with Crippen molar-refractivity contribution in [2.24, 2.45) is 0 Å². The molecule has 0 aliphatic heterocycles. The maximum absolute atomic E-state index is 12.7. The summed E-state index contributed by atoms with van der Waals surface area (Å²) >= 11 is 0. The van der Waals surface area contributed by atoms with Gasteiger partial charge in [-0.1, -0.05) is 24.3 Å². The molecule has 0 spiro atoms. The second-order valence-electron chi connectivity index (χ2n) is 4.81. The summed E-state index contributed by atoms with van der Waals surface area (Å²) in [5, 5.41) is 12.3. The van der Waals surface area contributed by atoms with Crippen molar-refractivity contribution in [2.75, 3.05) is 13.2 Å². The van der Waals surface area contributed by atoms with Crippen LogP contribution in [0.3, 0.4) is 0 Å². The van der Waals surface area contributed by atoms with Crippen LogP contribution >= 0.6 is 0 Å². The Balaban J connectivity index is 1.67. The molecule has 2 N–H and O–H groups in total. The Labute approximate surface area is 128 Å². The van der Waals surface area contributed by atoms with Crippen molar-refractivity contribution in [3.8, 4) is 5.75 Å². The molecule has 0 saturated heterocycles. The standard InChI is InChI=1S/C17H18FNO3/c18-14-8-6-13(7-9-14)12-19-10-3-11-22-16-5-2-1-4-15(16)17(20)21/h1-2,4-9,19H,3,10-12H2,(H,20,21). The lowest BCUT2D eigenvalue weighted by Gasteiger charge is -2.09. The smallest absolute Gasteiger partial charge is 0.339 e. The summed E-state index contributed by atoms with van der Waals surface area (Å²) in [6, 6.07) is 12.9. The van der Waals surface area contributed by atoms with E-state index >= 15 is 0 Å². The molecule has 0 heterocycles. The Hall–Kier alpha value is -2.40. The first-order valence-corrected chi connectivity index (χ1v) is 7.07. The van der Waals surface area contributed by atoms with Crippen molar-refractivity contribution in [1.29, 1.82) is 0 Å². The normalized spacial score (nSPS) is 10.4. The minimum Gasteiger partial charge on any atom is -0.493 e. The van der Waals surface area contributed by atoms with Gasteiger partial charge >= 0.3 is 5.97 Å². The lowest BCUT2D eigenvalue weighted by Crippen LogP contribution is -2.17. The largest absolute Gasteiger partial charge is 0.493 e. The summed E-state index contributed by atoms with van der Waals surface area (Å²) in [7, 11) is 0. The number of aromatic carboxylic acids is 1. The minimum atomic E-state index is -0.995. The summed E-state index contributed by atoms with van der Waals surface area (Å²) in [5.74, 6) is -0.854. The molecule has 2 aromatic carbocycles. The number of benzene rings is 2. The summed E-state index contributed by atoms with van der Waals surface area (Å²) in [5.41, 5.74) is 1.18. The number of halogens is 1. The topological polar surface area (TPSA) is 58.6 Å². The molecule has 4 nitrogen and oxygen atoms in total. The molecule has 0 fully saturated rings. The second-order valence-corrected chi connectivity index (χ2v) is 4.81. The van der Waals surface area contributed by atoms with E-state index in [4.69, 9.17) is 9.84 Å². The number of carbonyl (C=O) groups is 1. The molecule has 0 bridgehead atoms. The first-order valence-electron chi connectivity index (χ1n) is 7.07. The first-order chi connectivity index (χ1) is 10.7. The van der Waals surface area contributed by atoms with Gasteiger partial charge in [0.1, 0.15) is 17.1 Å². The number of hydrogen-bond donors (Lipinski definition) is 2. The summed E-state index contributed by atoms with van der Waals surface area (Å²) in [4.78, 5) is 11.0. The molecule has 0 atom stereocenters. The van der Waals surface area contributed by atoms with E-state index in [1.807, 2.05) is 0 Å². The second kappa shape index (κ2) is 8.14. The molecular weight excluding hydrogens is 285 g/mol. The van der Waals surface area contributed by atoms with Crippen LogP contribution < -0.4 is 10.1 Å². The van der Waals surface area contributed by atoms with Gasteiger partial charge in [-0.25, -0.2) is 9.18 Å². The number of carboxylic acid groups (broad SMARTS) is 1. The van der Waals surface area contributed by atoms with Gasteiger partial charge < -0.3 is 15.2 Å². The quantitative estimate of drug-likeness (QED) is 0.736. The number of hydrogen-bond acceptors (Lipinski definition) is 3. The third-order valence-corrected chi connectivity index (χ3v) is 3.12.